The molecule has 28 heteroatoms. The Labute approximate surface area is 781 Å². The lowest BCUT2D eigenvalue weighted by atomic mass is 9.91. The Kier molecular flexibility index (Phi) is 28.0. The van der Waals surface area contributed by atoms with Gasteiger partial charge in [0.2, 0.25) is 23.5 Å². The number of hydrogen-bond donors (Lipinski definition) is 4. The van der Waals surface area contributed by atoms with Crippen LogP contribution in [0.5, 0.6) is 0 Å². The lowest BCUT2D eigenvalue weighted by Crippen LogP contribution is -2.21. The van der Waals surface area contributed by atoms with Crippen molar-refractivity contribution < 1.29 is 67.5 Å². The van der Waals surface area contributed by atoms with E-state index in [1.807, 2.05) is 152 Å². The molecule has 4 heterocycles. The molecule has 0 saturated carbocycles. The second-order valence-corrected chi connectivity index (χ2v) is 33.8. The van der Waals surface area contributed by atoms with Gasteiger partial charge in [0.05, 0.1) is 87.6 Å². The quantitative estimate of drug-likeness (QED) is 0.0257. The van der Waals surface area contributed by atoms with Gasteiger partial charge in [-0.2, -0.15) is 0 Å². The van der Waals surface area contributed by atoms with Crippen molar-refractivity contribution in [3.05, 3.63) is 447 Å². The van der Waals surface area contributed by atoms with E-state index in [0.717, 1.165) is 111 Å². The molecule has 16 nitrogen and oxygen atoms in total. The van der Waals surface area contributed by atoms with Crippen molar-refractivity contribution in [3.8, 4) is 45.0 Å². The zero-order valence-corrected chi connectivity index (χ0v) is 73.9. The van der Waals surface area contributed by atoms with E-state index in [2.05, 4.69) is 48.8 Å². The van der Waals surface area contributed by atoms with Gasteiger partial charge in [-0.15, -0.1) is 0 Å². The summed E-state index contributed by atoms with van der Waals surface area (Å²) in [6.07, 6.45) is 5.49. The summed E-state index contributed by atoms with van der Waals surface area (Å²) in [4.78, 5) is 89.4. The van der Waals surface area contributed by atoms with Crippen LogP contribution in [0.1, 0.15) is 117 Å². The number of nitrogens with zero attached hydrogens (tertiary/aromatic N) is 8. The smallest absolute Gasteiger partial charge is 0.256 e. The number of amides is 4. The lowest BCUT2D eigenvalue weighted by Gasteiger charge is -2.21. The third-order valence-corrected chi connectivity index (χ3v) is 23.9. The predicted molar refractivity (Wildman–Crippen MR) is 499 cm³/mol. The van der Waals surface area contributed by atoms with E-state index in [0.29, 0.717) is 145 Å². The van der Waals surface area contributed by atoms with E-state index in [4.69, 9.17) is 34.9 Å². The molecule has 16 aromatic rings. The number of fused-ring (bicyclic) bond motifs is 12. The van der Waals surface area contributed by atoms with Gasteiger partial charge in [0, 0.05) is 62.6 Å². The van der Waals surface area contributed by atoms with Crippen molar-refractivity contribution in [2.75, 3.05) is 21.3 Å². The molecule has 0 fully saturated rings. The molecule has 4 aliphatic carbocycles. The van der Waals surface area contributed by atoms with E-state index in [-0.39, 0.29) is 60.2 Å². The maximum absolute atomic E-state index is 14.1. The molecule has 4 amide bonds. The number of aryl methyl sites for hydroxylation is 8. The van der Waals surface area contributed by atoms with Crippen LogP contribution in [0.2, 0.25) is 0 Å². The first-order chi connectivity index (χ1) is 65.4. The van der Waals surface area contributed by atoms with Gasteiger partial charge in [-0.1, -0.05) is 158 Å². The van der Waals surface area contributed by atoms with Crippen LogP contribution in [0.15, 0.2) is 267 Å². The first-order valence-corrected chi connectivity index (χ1v) is 44.3. The van der Waals surface area contributed by atoms with Gasteiger partial charge in [-0.05, 0) is 239 Å². The number of carbonyl (C=O) groups is 4. The average molecular weight is 1930 g/mol. The van der Waals surface area contributed by atoms with Gasteiger partial charge in [0.1, 0.15) is 23.3 Å². The monoisotopic (exact) mass is 1930 g/mol. The van der Waals surface area contributed by atoms with E-state index in [1.54, 1.807) is 60.7 Å². The summed E-state index contributed by atoms with van der Waals surface area (Å²) in [5.41, 5.74) is 19.3. The number of benzene rings is 12. The standard InChI is InChI=1S/C27H17F6N3O.C27H20F3N3O.C27H21FIN3O.C26H20FN3O/c28-15-7-8-16-14(11-15)6-9-18-26(16)34-19(10-13-4-2-1-3-5-13)27(35-18)36-20(37)12-17-21(29)23(31)25(33)24(32)22(17)30;28-19-8-9-20-18(15-19)7-11-23-26(20)31-24(13-16-4-2-1-3-5-16)27(32-23)33-25(34)14-17-6-10-21(29)22(30)12-17;28-20-9-12-22-19(16-20)8-13-23-26(22)30-24(14-17-4-2-1-3-5-17)27(31-23)32-25(33)15-18-6-10-21(29)11-7-18;27-20-12-13-21-19(16-20)11-14-22-24(21)28-23(15-17-7-3-1-4-8-17)25(29-22)30-26(31)18-9-5-2-6-10-18/h1-5,7-8,11H,6,9-10,12H2,(H,35,36,37);1-6,8-10,12,15H,7,11,13-14H2,(H,32,33,34);1-7,9-12,16H,8,13-15H2,(H,31,32,33);1-10,12-13,16H,11,14-15H2,(H,29,30,31). The Hall–Kier alpha value is -15.2. The summed E-state index contributed by atoms with van der Waals surface area (Å²) < 4.78 is 152. The molecule has 4 aromatic heterocycles. The summed E-state index contributed by atoms with van der Waals surface area (Å²) in [6, 6.07) is 77.6. The van der Waals surface area contributed by atoms with Crippen LogP contribution in [-0.2, 0) is 111 Å². The summed E-state index contributed by atoms with van der Waals surface area (Å²) in [6.45, 7) is 0. The van der Waals surface area contributed by atoms with Gasteiger partial charge in [0.15, 0.2) is 58.2 Å². The zero-order chi connectivity index (χ0) is 93.9. The molecule has 4 aliphatic rings. The topological polar surface area (TPSA) is 220 Å². The van der Waals surface area contributed by atoms with Crippen molar-refractivity contribution in [1.29, 1.82) is 0 Å². The molecule has 0 bridgehead atoms. The molecule has 0 aliphatic heterocycles. The normalized spacial score (nSPS) is 12.1. The Morgan fingerprint density at radius 3 is 0.881 bits per heavy atom. The maximum atomic E-state index is 14.1. The summed E-state index contributed by atoms with van der Waals surface area (Å²) >= 11 is 2.25. The molecule has 674 valence electrons. The second kappa shape index (κ2) is 41.3. The summed E-state index contributed by atoms with van der Waals surface area (Å²) in [5, 5.41) is 11.2. The van der Waals surface area contributed by atoms with Crippen LogP contribution in [-0.4, -0.2) is 63.5 Å². The molecule has 0 radical (unpaired) electrons. The van der Waals surface area contributed by atoms with Crippen molar-refractivity contribution in [2.24, 2.45) is 0 Å². The van der Waals surface area contributed by atoms with Crippen molar-refractivity contribution in [2.45, 2.75) is 96.3 Å². The fraction of sp³-hybridized carbons (Fsp3) is 0.140. The highest BCUT2D eigenvalue weighted by Crippen LogP contribution is 2.40. The Morgan fingerprint density at radius 2 is 0.556 bits per heavy atom. The molecule has 4 N–H and O–H groups in total. The molecule has 0 saturated heterocycles. The van der Waals surface area contributed by atoms with Crippen LogP contribution in [0.3, 0.4) is 0 Å². The van der Waals surface area contributed by atoms with Crippen molar-refractivity contribution in [1.82, 2.24) is 39.9 Å². The number of nitrogens with one attached hydrogen (secondary N) is 4. The third kappa shape index (κ3) is 21.9. The SMILES string of the molecule is O=C(Cc1c(F)c(F)c(F)c(F)c1F)Nc1nc2c(nc1Cc1ccccc1)-c1ccc(F)cc1CC2.O=C(Cc1ccc(F)c(F)c1)Nc1nc2c(nc1Cc1ccccc1)-c1ccc(F)cc1CC2.O=C(Cc1ccc(I)cc1)Nc1nc2c(nc1Cc1ccccc1)-c1ccc(F)cc1CC2.O=C(Nc1nc2c(nc1Cc1ccccc1)-c1ccc(F)cc1CC2)c1ccccc1. The third-order valence-electron chi connectivity index (χ3n) is 23.1. The molecule has 135 heavy (non-hydrogen) atoms. The van der Waals surface area contributed by atoms with Crippen molar-refractivity contribution >= 4 is 69.5 Å². The molecule has 0 atom stereocenters. The van der Waals surface area contributed by atoms with E-state index < -0.39 is 64.5 Å². The van der Waals surface area contributed by atoms with Crippen LogP contribution >= 0.6 is 22.6 Å². The zero-order valence-electron chi connectivity index (χ0n) is 71.8. The fourth-order valence-electron chi connectivity index (χ4n) is 16.5. The minimum atomic E-state index is -2.30. The molecular formula is C107H78F11IN12O4. The number of anilines is 4. The van der Waals surface area contributed by atoms with E-state index in [1.165, 1.54) is 42.5 Å². The Bertz CT molecular complexity index is 7190. The van der Waals surface area contributed by atoms with E-state index >= 15 is 0 Å². The Morgan fingerprint density at radius 1 is 0.267 bits per heavy atom. The summed E-state index contributed by atoms with van der Waals surface area (Å²) in [7, 11) is 0. The van der Waals surface area contributed by atoms with Crippen molar-refractivity contribution in [3.63, 3.8) is 0 Å². The number of carbonyl (C=O) groups excluding carboxylic acids is 4. The minimum Gasteiger partial charge on any atom is -0.309 e. The highest BCUT2D eigenvalue weighted by Gasteiger charge is 2.32. The molecule has 20 rings (SSSR count). The second-order valence-electron chi connectivity index (χ2n) is 32.5. The molecule has 12 aromatic carbocycles. The van der Waals surface area contributed by atoms with Gasteiger partial charge in [0.25, 0.3) is 5.91 Å². The number of halogens is 12. The lowest BCUT2D eigenvalue weighted by molar-refractivity contribution is -0.116. The van der Waals surface area contributed by atoms with E-state index in [9.17, 15) is 67.5 Å². The number of aromatic nitrogens is 8. The van der Waals surface area contributed by atoms with Gasteiger partial charge >= 0.3 is 0 Å². The minimum absolute atomic E-state index is 0.00189. The fourth-order valence-corrected chi connectivity index (χ4v) is 16.9. The summed E-state index contributed by atoms with van der Waals surface area (Å²) in [5.74, 6) is -14.3. The van der Waals surface area contributed by atoms with Gasteiger partial charge in [-0.3, -0.25) is 19.2 Å². The highest BCUT2D eigenvalue weighted by molar-refractivity contribution is 14.1. The Balaban J connectivity index is 0.000000125. The number of hydrogen-bond acceptors (Lipinski definition) is 12. The molecule has 0 unspecified atom stereocenters. The molecular weight excluding hydrogens is 1850 g/mol. The average Bonchev–Trinajstić information content (AvgIpc) is 0.776. The van der Waals surface area contributed by atoms with Crippen LogP contribution < -0.4 is 21.3 Å². The van der Waals surface area contributed by atoms with Crippen LogP contribution in [0.4, 0.5) is 71.6 Å². The van der Waals surface area contributed by atoms with Crippen LogP contribution in [0.25, 0.3) is 45.0 Å². The number of rotatable bonds is 19. The molecule has 0 spiro atoms. The first-order valence-electron chi connectivity index (χ1n) is 43.3. The maximum Gasteiger partial charge on any atom is 0.256 e. The highest BCUT2D eigenvalue weighted by atomic mass is 127. The first kappa shape index (κ1) is 91.7. The van der Waals surface area contributed by atoms with Gasteiger partial charge < -0.3 is 21.3 Å². The van der Waals surface area contributed by atoms with Gasteiger partial charge in [-0.25, -0.2) is 88.2 Å². The predicted octanol–water partition coefficient (Wildman–Crippen LogP) is 22.3. The van der Waals surface area contributed by atoms with Crippen LogP contribution in [0, 0.1) is 67.6 Å². The largest absolute Gasteiger partial charge is 0.309 e.